The summed E-state index contributed by atoms with van der Waals surface area (Å²) in [6.07, 6.45) is 1.83. The van der Waals surface area contributed by atoms with E-state index in [9.17, 15) is 9.90 Å². The minimum absolute atomic E-state index is 0.00393. The number of esters is 1. The quantitative estimate of drug-likeness (QED) is 0.869. The summed E-state index contributed by atoms with van der Waals surface area (Å²) >= 11 is 3.33. The molecule has 1 aliphatic carbocycles. The minimum Gasteiger partial charge on any atom is -0.462 e. The highest BCUT2D eigenvalue weighted by atomic mass is 79.9. The molecule has 0 bridgehead atoms. The summed E-state index contributed by atoms with van der Waals surface area (Å²) < 4.78 is 6.07. The van der Waals surface area contributed by atoms with Gasteiger partial charge >= 0.3 is 5.97 Å². The molecule has 1 aromatic rings. The monoisotopic (exact) mass is 298 g/mol. The molecule has 1 saturated carbocycles. The number of hydrogen-bond acceptors (Lipinski definition) is 3. The first-order valence-corrected chi connectivity index (χ1v) is 6.43. The number of rotatable bonds is 4. The highest BCUT2D eigenvalue weighted by molar-refractivity contribution is 9.10. The van der Waals surface area contributed by atoms with Gasteiger partial charge in [0, 0.05) is 4.47 Å². The van der Waals surface area contributed by atoms with Gasteiger partial charge in [-0.2, -0.15) is 0 Å². The van der Waals surface area contributed by atoms with Crippen LogP contribution in [0.5, 0.6) is 0 Å². The fraction of sp³-hybridized carbons (Fsp3) is 0.462. The van der Waals surface area contributed by atoms with Crippen LogP contribution in [0.2, 0.25) is 0 Å². The lowest BCUT2D eigenvalue weighted by Crippen LogP contribution is -2.29. The van der Waals surface area contributed by atoms with Gasteiger partial charge < -0.3 is 9.84 Å². The summed E-state index contributed by atoms with van der Waals surface area (Å²) in [5, 5.41) is 10.2. The van der Waals surface area contributed by atoms with Crippen LogP contribution < -0.4 is 0 Å². The van der Waals surface area contributed by atoms with Crippen molar-refractivity contribution in [3.63, 3.8) is 0 Å². The zero-order chi connectivity index (χ0) is 12.5. The number of carbonyl (C=O) groups is 1. The molecule has 0 spiro atoms. The topological polar surface area (TPSA) is 46.5 Å². The van der Waals surface area contributed by atoms with Crippen molar-refractivity contribution in [3.05, 3.63) is 34.3 Å². The SMILES string of the molecule is C[C@@](O)(COC(=O)C1CC1)c1ccc(Br)cc1. The van der Waals surface area contributed by atoms with Gasteiger partial charge in [-0.1, -0.05) is 28.1 Å². The highest BCUT2D eigenvalue weighted by Gasteiger charge is 2.33. The van der Waals surface area contributed by atoms with Gasteiger partial charge in [0.25, 0.3) is 0 Å². The number of ether oxygens (including phenoxy) is 1. The normalized spacial score (nSPS) is 18.5. The second kappa shape index (κ2) is 4.78. The first-order chi connectivity index (χ1) is 7.99. The summed E-state index contributed by atoms with van der Waals surface area (Å²) in [6, 6.07) is 7.34. The van der Waals surface area contributed by atoms with Crippen LogP contribution in [0.4, 0.5) is 0 Å². The van der Waals surface area contributed by atoms with Crippen molar-refractivity contribution in [2.75, 3.05) is 6.61 Å². The van der Waals surface area contributed by atoms with Crippen molar-refractivity contribution in [2.24, 2.45) is 5.92 Å². The lowest BCUT2D eigenvalue weighted by atomic mass is 9.97. The molecule has 1 fully saturated rings. The predicted octanol–water partition coefficient (Wildman–Crippen LogP) is 2.61. The smallest absolute Gasteiger partial charge is 0.309 e. The molecule has 1 aliphatic rings. The Labute approximate surface area is 109 Å². The van der Waals surface area contributed by atoms with E-state index in [4.69, 9.17) is 4.74 Å². The maximum atomic E-state index is 11.4. The fourth-order valence-electron chi connectivity index (χ4n) is 1.54. The lowest BCUT2D eigenvalue weighted by molar-refractivity contribution is -0.152. The molecule has 4 heteroatoms. The Morgan fingerprint density at radius 1 is 1.47 bits per heavy atom. The van der Waals surface area contributed by atoms with Crippen LogP contribution >= 0.6 is 15.9 Å². The maximum absolute atomic E-state index is 11.4. The Bertz CT molecular complexity index is 407. The second-order valence-electron chi connectivity index (χ2n) is 4.66. The van der Waals surface area contributed by atoms with Gasteiger partial charge in [-0.3, -0.25) is 4.79 Å². The van der Waals surface area contributed by atoms with E-state index >= 15 is 0 Å². The zero-order valence-electron chi connectivity index (χ0n) is 9.65. The van der Waals surface area contributed by atoms with Crippen molar-refractivity contribution >= 4 is 21.9 Å². The maximum Gasteiger partial charge on any atom is 0.309 e. The summed E-state index contributed by atoms with van der Waals surface area (Å²) in [7, 11) is 0. The molecule has 0 radical (unpaired) electrons. The predicted molar refractivity (Wildman–Crippen MR) is 67.4 cm³/mol. The molecule has 0 aliphatic heterocycles. The molecule has 0 aromatic heterocycles. The van der Waals surface area contributed by atoms with Gasteiger partial charge in [-0.15, -0.1) is 0 Å². The third-order valence-corrected chi connectivity index (χ3v) is 3.40. The van der Waals surface area contributed by atoms with Gasteiger partial charge in [0.2, 0.25) is 0 Å². The average Bonchev–Trinajstić information content (AvgIpc) is 3.10. The van der Waals surface area contributed by atoms with Crippen molar-refractivity contribution in [1.82, 2.24) is 0 Å². The number of benzene rings is 1. The van der Waals surface area contributed by atoms with Crippen LogP contribution in [0.3, 0.4) is 0 Å². The van der Waals surface area contributed by atoms with E-state index in [-0.39, 0.29) is 18.5 Å². The molecule has 0 heterocycles. The van der Waals surface area contributed by atoms with Gasteiger partial charge in [0.05, 0.1) is 5.92 Å². The largest absolute Gasteiger partial charge is 0.462 e. The van der Waals surface area contributed by atoms with E-state index in [0.717, 1.165) is 22.9 Å². The van der Waals surface area contributed by atoms with Crippen molar-refractivity contribution in [3.8, 4) is 0 Å². The minimum atomic E-state index is -1.13. The van der Waals surface area contributed by atoms with Crippen molar-refractivity contribution < 1.29 is 14.6 Å². The van der Waals surface area contributed by atoms with Crippen LogP contribution in [0.1, 0.15) is 25.3 Å². The van der Waals surface area contributed by atoms with Gasteiger partial charge in [0.15, 0.2) is 0 Å². The van der Waals surface area contributed by atoms with Crippen LogP contribution in [0.25, 0.3) is 0 Å². The molecule has 1 aromatic carbocycles. The number of halogens is 1. The van der Waals surface area contributed by atoms with Gasteiger partial charge in [0.1, 0.15) is 12.2 Å². The molecule has 0 amide bonds. The molecule has 1 N–H and O–H groups in total. The molecule has 0 unspecified atom stereocenters. The molecule has 92 valence electrons. The van der Waals surface area contributed by atoms with Crippen LogP contribution in [-0.4, -0.2) is 17.7 Å². The van der Waals surface area contributed by atoms with E-state index in [1.54, 1.807) is 6.92 Å². The van der Waals surface area contributed by atoms with Crippen LogP contribution in [0.15, 0.2) is 28.7 Å². The molecular formula is C13H15BrO3. The second-order valence-corrected chi connectivity index (χ2v) is 5.58. The molecule has 3 nitrogen and oxygen atoms in total. The molecular weight excluding hydrogens is 284 g/mol. The van der Waals surface area contributed by atoms with E-state index in [1.807, 2.05) is 24.3 Å². The third kappa shape index (κ3) is 3.30. The van der Waals surface area contributed by atoms with Crippen LogP contribution in [0, 0.1) is 5.92 Å². The molecule has 1 atom stereocenters. The molecule has 0 saturated heterocycles. The van der Waals surface area contributed by atoms with Gasteiger partial charge in [-0.05, 0) is 37.5 Å². The first kappa shape index (κ1) is 12.6. The number of carbonyl (C=O) groups excluding carboxylic acids is 1. The summed E-state index contributed by atoms with van der Waals surface area (Å²) in [5.41, 5.74) is -0.394. The summed E-state index contributed by atoms with van der Waals surface area (Å²) in [6.45, 7) is 1.65. The van der Waals surface area contributed by atoms with Crippen LogP contribution in [-0.2, 0) is 15.1 Å². The van der Waals surface area contributed by atoms with Crippen molar-refractivity contribution in [1.29, 1.82) is 0 Å². The Balaban J connectivity index is 1.97. The lowest BCUT2D eigenvalue weighted by Gasteiger charge is -2.23. The standard InChI is InChI=1S/C13H15BrO3/c1-13(16,8-17-12(15)9-2-3-9)10-4-6-11(14)7-5-10/h4-7,9,16H,2-3,8H2,1H3/t13-/m1/s1. The third-order valence-electron chi connectivity index (χ3n) is 2.87. The van der Waals surface area contributed by atoms with E-state index in [2.05, 4.69) is 15.9 Å². The van der Waals surface area contributed by atoms with Gasteiger partial charge in [-0.25, -0.2) is 0 Å². The average molecular weight is 299 g/mol. The van der Waals surface area contributed by atoms with E-state index < -0.39 is 5.60 Å². The Kier molecular flexibility index (Phi) is 3.54. The fourth-order valence-corrected chi connectivity index (χ4v) is 1.81. The Morgan fingerprint density at radius 3 is 2.59 bits per heavy atom. The Morgan fingerprint density at radius 2 is 2.06 bits per heavy atom. The molecule has 2 rings (SSSR count). The van der Waals surface area contributed by atoms with Crippen molar-refractivity contribution in [2.45, 2.75) is 25.4 Å². The first-order valence-electron chi connectivity index (χ1n) is 5.64. The summed E-state index contributed by atoms with van der Waals surface area (Å²) in [5.74, 6) is -0.127. The highest BCUT2D eigenvalue weighted by Crippen LogP contribution is 2.31. The van der Waals surface area contributed by atoms with E-state index in [0.29, 0.717) is 0 Å². The summed E-state index contributed by atoms with van der Waals surface area (Å²) in [4.78, 5) is 11.4. The number of hydrogen-bond donors (Lipinski definition) is 1. The van der Waals surface area contributed by atoms with E-state index in [1.165, 1.54) is 0 Å². The zero-order valence-corrected chi connectivity index (χ0v) is 11.2. The molecule has 17 heavy (non-hydrogen) atoms. The Hall–Kier alpha value is -0.870. The number of aliphatic hydroxyl groups is 1.